The Hall–Kier alpha value is -2.50. The molecule has 0 unspecified atom stereocenters. The van der Waals surface area contributed by atoms with Gasteiger partial charge in [0.05, 0.1) is 17.3 Å². The standard InChI is InChI=1S/C21H18N2OS2/c1-24-16-9-6-14(7-10-16)13-25-19-11-8-15(12-17(19)22)21-23-18-4-2-3-5-20(18)26-21/h2-12H,13,22H2,1H3. The Kier molecular flexibility index (Phi) is 4.82. The fraction of sp³-hybridized carbons (Fsp3) is 0.0952. The molecule has 1 heterocycles. The van der Waals surface area contributed by atoms with E-state index in [2.05, 4.69) is 30.3 Å². The average molecular weight is 379 g/mol. The molecule has 0 spiro atoms. The number of benzene rings is 3. The maximum absolute atomic E-state index is 6.30. The van der Waals surface area contributed by atoms with Gasteiger partial charge in [0.25, 0.3) is 0 Å². The molecule has 0 amide bonds. The van der Waals surface area contributed by atoms with Crippen LogP contribution in [-0.2, 0) is 5.75 Å². The number of thioether (sulfide) groups is 1. The minimum atomic E-state index is 0.792. The SMILES string of the molecule is COc1ccc(CSc2ccc(-c3nc4ccccc4s3)cc2N)cc1. The first-order valence-electron chi connectivity index (χ1n) is 8.24. The Morgan fingerprint density at radius 1 is 1.04 bits per heavy atom. The van der Waals surface area contributed by atoms with E-state index >= 15 is 0 Å². The Balaban J connectivity index is 1.51. The minimum absolute atomic E-state index is 0.792. The summed E-state index contributed by atoms with van der Waals surface area (Å²) in [7, 11) is 1.68. The lowest BCUT2D eigenvalue weighted by Gasteiger charge is -2.08. The number of rotatable bonds is 5. The third-order valence-corrected chi connectivity index (χ3v) is 6.35. The van der Waals surface area contributed by atoms with Crippen LogP contribution < -0.4 is 10.5 Å². The molecule has 130 valence electrons. The van der Waals surface area contributed by atoms with E-state index in [1.807, 2.05) is 36.4 Å². The Morgan fingerprint density at radius 2 is 1.85 bits per heavy atom. The van der Waals surface area contributed by atoms with E-state index in [0.717, 1.165) is 38.2 Å². The van der Waals surface area contributed by atoms with E-state index in [9.17, 15) is 0 Å². The summed E-state index contributed by atoms with van der Waals surface area (Å²) in [5, 5.41) is 1.00. The van der Waals surface area contributed by atoms with Crippen LogP contribution in [0.3, 0.4) is 0 Å². The van der Waals surface area contributed by atoms with Gasteiger partial charge in [-0.25, -0.2) is 4.98 Å². The molecule has 0 fully saturated rings. The van der Waals surface area contributed by atoms with E-state index in [1.54, 1.807) is 30.2 Å². The number of nitrogens with two attached hydrogens (primary N) is 1. The maximum atomic E-state index is 6.30. The van der Waals surface area contributed by atoms with Crippen LogP contribution in [0.1, 0.15) is 5.56 Å². The zero-order valence-electron chi connectivity index (χ0n) is 14.3. The van der Waals surface area contributed by atoms with Gasteiger partial charge in [0.1, 0.15) is 10.8 Å². The molecule has 4 rings (SSSR count). The van der Waals surface area contributed by atoms with Crippen molar-refractivity contribution in [2.45, 2.75) is 10.6 Å². The largest absolute Gasteiger partial charge is 0.497 e. The van der Waals surface area contributed by atoms with E-state index in [1.165, 1.54) is 10.3 Å². The van der Waals surface area contributed by atoms with Gasteiger partial charge in [0, 0.05) is 21.9 Å². The van der Waals surface area contributed by atoms with Crippen molar-refractivity contribution in [2.75, 3.05) is 12.8 Å². The molecule has 0 radical (unpaired) electrons. The molecule has 0 bridgehead atoms. The number of nitrogens with zero attached hydrogens (tertiary/aromatic N) is 1. The first kappa shape index (κ1) is 16.9. The lowest BCUT2D eigenvalue weighted by atomic mass is 10.2. The molecule has 0 atom stereocenters. The monoisotopic (exact) mass is 378 g/mol. The summed E-state index contributed by atoms with van der Waals surface area (Å²) in [4.78, 5) is 5.80. The fourth-order valence-electron chi connectivity index (χ4n) is 2.69. The van der Waals surface area contributed by atoms with Crippen molar-refractivity contribution in [1.82, 2.24) is 4.98 Å². The number of anilines is 1. The highest BCUT2D eigenvalue weighted by Crippen LogP contribution is 2.35. The molecule has 0 saturated carbocycles. The van der Waals surface area contributed by atoms with Crippen LogP contribution >= 0.6 is 23.1 Å². The van der Waals surface area contributed by atoms with Crippen LogP contribution in [-0.4, -0.2) is 12.1 Å². The summed E-state index contributed by atoms with van der Waals surface area (Å²) >= 11 is 3.43. The summed E-state index contributed by atoms with van der Waals surface area (Å²) in [6, 6.07) is 22.5. The lowest BCUT2D eigenvalue weighted by Crippen LogP contribution is -1.90. The number of nitrogen functional groups attached to an aromatic ring is 1. The van der Waals surface area contributed by atoms with Gasteiger partial charge >= 0.3 is 0 Å². The van der Waals surface area contributed by atoms with Crippen molar-refractivity contribution in [3.05, 3.63) is 72.3 Å². The number of thiazole rings is 1. The molecule has 0 saturated heterocycles. The van der Waals surface area contributed by atoms with Crippen molar-refractivity contribution >= 4 is 39.0 Å². The minimum Gasteiger partial charge on any atom is -0.497 e. The third kappa shape index (κ3) is 3.54. The summed E-state index contributed by atoms with van der Waals surface area (Å²) in [6.07, 6.45) is 0. The van der Waals surface area contributed by atoms with E-state index in [0.29, 0.717) is 0 Å². The van der Waals surface area contributed by atoms with Gasteiger partial charge in [-0.3, -0.25) is 0 Å². The van der Waals surface area contributed by atoms with Crippen LogP contribution in [0.2, 0.25) is 0 Å². The van der Waals surface area contributed by atoms with E-state index in [-0.39, 0.29) is 0 Å². The van der Waals surface area contributed by atoms with Gasteiger partial charge in [-0.05, 0) is 42.0 Å². The van der Waals surface area contributed by atoms with E-state index < -0.39 is 0 Å². The second-order valence-electron chi connectivity index (χ2n) is 5.88. The van der Waals surface area contributed by atoms with Gasteiger partial charge < -0.3 is 10.5 Å². The molecule has 1 aromatic heterocycles. The van der Waals surface area contributed by atoms with Crippen molar-refractivity contribution in [3.8, 4) is 16.3 Å². The second-order valence-corrected chi connectivity index (χ2v) is 7.92. The number of ether oxygens (including phenoxy) is 1. The highest BCUT2D eigenvalue weighted by atomic mass is 32.2. The number of hydrogen-bond acceptors (Lipinski definition) is 5. The van der Waals surface area contributed by atoms with Crippen LogP contribution in [0.5, 0.6) is 5.75 Å². The molecular formula is C21H18N2OS2. The number of fused-ring (bicyclic) bond motifs is 1. The van der Waals surface area contributed by atoms with Crippen LogP contribution in [0.4, 0.5) is 5.69 Å². The smallest absolute Gasteiger partial charge is 0.124 e. The summed E-state index contributed by atoms with van der Waals surface area (Å²) < 4.78 is 6.39. The van der Waals surface area contributed by atoms with Gasteiger partial charge in [-0.2, -0.15) is 0 Å². The summed E-state index contributed by atoms with van der Waals surface area (Å²) in [5.74, 6) is 1.74. The molecule has 4 aromatic rings. The predicted octanol–water partition coefficient (Wildman–Crippen LogP) is 5.85. The number of methoxy groups -OCH3 is 1. The molecule has 0 aliphatic carbocycles. The molecular weight excluding hydrogens is 360 g/mol. The normalized spacial score (nSPS) is 11.0. The van der Waals surface area contributed by atoms with Crippen LogP contribution in [0, 0.1) is 0 Å². The number of aromatic nitrogens is 1. The van der Waals surface area contributed by atoms with E-state index in [4.69, 9.17) is 15.5 Å². The first-order chi connectivity index (χ1) is 12.7. The Morgan fingerprint density at radius 3 is 2.58 bits per heavy atom. The van der Waals surface area contributed by atoms with Gasteiger partial charge in [0.15, 0.2) is 0 Å². The molecule has 3 aromatic carbocycles. The summed E-state index contributed by atoms with van der Waals surface area (Å²) in [6.45, 7) is 0. The fourth-order valence-corrected chi connectivity index (χ4v) is 4.56. The van der Waals surface area contributed by atoms with Gasteiger partial charge in [-0.1, -0.05) is 30.3 Å². The topological polar surface area (TPSA) is 48.1 Å². The molecule has 2 N–H and O–H groups in total. The van der Waals surface area contributed by atoms with Crippen molar-refractivity contribution in [2.24, 2.45) is 0 Å². The number of hydrogen-bond donors (Lipinski definition) is 1. The highest BCUT2D eigenvalue weighted by molar-refractivity contribution is 7.98. The van der Waals surface area contributed by atoms with Crippen molar-refractivity contribution in [3.63, 3.8) is 0 Å². The quantitative estimate of drug-likeness (QED) is 0.350. The highest BCUT2D eigenvalue weighted by Gasteiger charge is 2.09. The zero-order chi connectivity index (χ0) is 17.9. The second kappa shape index (κ2) is 7.40. The Labute approximate surface area is 160 Å². The molecule has 26 heavy (non-hydrogen) atoms. The van der Waals surface area contributed by atoms with Gasteiger partial charge in [0.2, 0.25) is 0 Å². The van der Waals surface area contributed by atoms with Crippen LogP contribution in [0.15, 0.2) is 71.6 Å². The Bertz CT molecular complexity index is 1010. The zero-order valence-corrected chi connectivity index (χ0v) is 15.9. The van der Waals surface area contributed by atoms with Crippen LogP contribution in [0.25, 0.3) is 20.8 Å². The number of para-hydroxylation sites is 1. The molecule has 0 aliphatic heterocycles. The first-order valence-corrected chi connectivity index (χ1v) is 10.0. The van der Waals surface area contributed by atoms with Gasteiger partial charge in [-0.15, -0.1) is 23.1 Å². The lowest BCUT2D eigenvalue weighted by molar-refractivity contribution is 0.414. The molecule has 5 heteroatoms. The summed E-state index contributed by atoms with van der Waals surface area (Å²) in [5.41, 5.74) is 10.4. The molecule has 0 aliphatic rings. The maximum Gasteiger partial charge on any atom is 0.124 e. The van der Waals surface area contributed by atoms with Crippen molar-refractivity contribution in [1.29, 1.82) is 0 Å². The third-order valence-electron chi connectivity index (χ3n) is 4.10. The average Bonchev–Trinajstić information content (AvgIpc) is 3.11. The molecule has 3 nitrogen and oxygen atoms in total. The van der Waals surface area contributed by atoms with Crippen molar-refractivity contribution < 1.29 is 4.74 Å². The predicted molar refractivity (Wildman–Crippen MR) is 112 cm³/mol.